The summed E-state index contributed by atoms with van der Waals surface area (Å²) in [6, 6.07) is 12.5. The molecule has 0 radical (unpaired) electrons. The van der Waals surface area contributed by atoms with E-state index in [2.05, 4.69) is 6.07 Å². The lowest BCUT2D eigenvalue weighted by molar-refractivity contribution is 0.0985. The Morgan fingerprint density at radius 1 is 1.03 bits per heavy atom. The maximum Gasteiger partial charge on any atom is 0.260 e. The van der Waals surface area contributed by atoms with Crippen molar-refractivity contribution in [2.75, 3.05) is 45.4 Å². The van der Waals surface area contributed by atoms with Gasteiger partial charge in [0.25, 0.3) is 5.91 Å². The lowest BCUT2D eigenvalue weighted by Gasteiger charge is -2.30. The van der Waals surface area contributed by atoms with Crippen LogP contribution in [0.4, 0.5) is 5.13 Å². The monoisotopic (exact) mass is 582 g/mol. The number of rotatable bonds is 9. The van der Waals surface area contributed by atoms with Gasteiger partial charge in [0.15, 0.2) is 5.13 Å². The molecule has 37 heavy (non-hydrogen) atoms. The van der Waals surface area contributed by atoms with Crippen molar-refractivity contribution in [2.45, 2.75) is 47.9 Å². The normalized spacial score (nSPS) is 14.8. The fraction of sp³-hybridized carbons (Fsp3) is 0.462. The zero-order valence-corrected chi connectivity index (χ0v) is 25.0. The number of thiazole rings is 1. The van der Waals surface area contributed by atoms with Gasteiger partial charge in [-0.1, -0.05) is 30.6 Å². The van der Waals surface area contributed by atoms with Crippen molar-refractivity contribution < 1.29 is 13.2 Å². The number of carbonyl (C=O) groups excluding carboxylic acids is 1. The van der Waals surface area contributed by atoms with Gasteiger partial charge in [0.2, 0.25) is 10.0 Å². The summed E-state index contributed by atoms with van der Waals surface area (Å²) in [5.74, 6) is -0.189. The third kappa shape index (κ3) is 6.85. The van der Waals surface area contributed by atoms with Gasteiger partial charge in [-0.05, 0) is 75.7 Å². The fourth-order valence-electron chi connectivity index (χ4n) is 4.45. The largest absolute Gasteiger partial charge is 0.308 e. The zero-order chi connectivity index (χ0) is 25.9. The van der Waals surface area contributed by atoms with Crippen LogP contribution in [0.15, 0.2) is 52.3 Å². The summed E-state index contributed by atoms with van der Waals surface area (Å²) in [4.78, 5) is 23.4. The van der Waals surface area contributed by atoms with Crippen LogP contribution < -0.4 is 4.90 Å². The molecular weight excluding hydrogens is 548 g/mol. The number of nitrogens with zero attached hydrogens (tertiary/aromatic N) is 4. The Morgan fingerprint density at radius 2 is 1.70 bits per heavy atom. The number of benzene rings is 2. The third-order valence-corrected chi connectivity index (χ3v) is 10.4. The number of hydrogen-bond acceptors (Lipinski definition) is 7. The highest BCUT2D eigenvalue weighted by Gasteiger charge is 2.29. The Bertz CT molecular complexity index is 1310. The first-order valence-corrected chi connectivity index (χ1v) is 15.7. The van der Waals surface area contributed by atoms with Crippen molar-refractivity contribution in [2.24, 2.45) is 0 Å². The molecule has 1 aromatic heterocycles. The first kappa shape index (κ1) is 29.9. The predicted octanol–water partition coefficient (Wildman–Crippen LogP) is 5.60. The highest BCUT2D eigenvalue weighted by Crippen LogP contribution is 2.32. The van der Waals surface area contributed by atoms with Gasteiger partial charge in [0.05, 0.1) is 15.1 Å². The number of halogens is 1. The van der Waals surface area contributed by atoms with Crippen LogP contribution in [0.2, 0.25) is 0 Å². The Hall–Kier alpha value is -1.69. The van der Waals surface area contributed by atoms with Crippen LogP contribution >= 0.6 is 35.5 Å². The maximum absolute atomic E-state index is 13.6. The van der Waals surface area contributed by atoms with Gasteiger partial charge in [-0.2, -0.15) is 4.31 Å². The molecule has 2 aromatic carbocycles. The van der Waals surface area contributed by atoms with Gasteiger partial charge >= 0.3 is 0 Å². The van der Waals surface area contributed by atoms with Crippen LogP contribution in [0.25, 0.3) is 10.2 Å². The molecule has 1 aliphatic carbocycles. The molecule has 1 amide bonds. The summed E-state index contributed by atoms with van der Waals surface area (Å²) in [7, 11) is 1.99. The number of carbonyl (C=O) groups is 1. The highest BCUT2D eigenvalue weighted by atomic mass is 35.5. The first-order chi connectivity index (χ1) is 17.2. The van der Waals surface area contributed by atoms with E-state index >= 15 is 0 Å². The van der Waals surface area contributed by atoms with Gasteiger partial charge in [-0.3, -0.25) is 9.69 Å². The second-order valence-corrected chi connectivity index (χ2v) is 13.3. The van der Waals surface area contributed by atoms with E-state index in [1.807, 2.05) is 37.4 Å². The average molecular weight is 583 g/mol. The number of fused-ring (bicyclic) bond motifs is 1. The molecule has 11 heteroatoms. The lowest BCUT2D eigenvalue weighted by Crippen LogP contribution is -2.38. The van der Waals surface area contributed by atoms with Gasteiger partial charge in [0.1, 0.15) is 0 Å². The van der Waals surface area contributed by atoms with Crippen LogP contribution in [-0.4, -0.2) is 75.0 Å². The van der Waals surface area contributed by atoms with Gasteiger partial charge in [-0.15, -0.1) is 24.2 Å². The van der Waals surface area contributed by atoms with E-state index in [9.17, 15) is 13.2 Å². The molecule has 3 aromatic rings. The molecule has 0 saturated heterocycles. The lowest BCUT2D eigenvalue weighted by atomic mass is 9.96. The van der Waals surface area contributed by atoms with Crippen molar-refractivity contribution in [1.82, 2.24) is 14.2 Å². The fourth-order valence-corrected chi connectivity index (χ4v) is 7.41. The summed E-state index contributed by atoms with van der Waals surface area (Å²) < 4.78 is 29.0. The number of hydrogen-bond donors (Lipinski definition) is 0. The second kappa shape index (κ2) is 12.9. The number of amides is 1. The van der Waals surface area contributed by atoms with E-state index in [4.69, 9.17) is 4.98 Å². The van der Waals surface area contributed by atoms with E-state index in [1.165, 1.54) is 22.1 Å². The molecule has 1 fully saturated rings. The van der Waals surface area contributed by atoms with E-state index < -0.39 is 10.0 Å². The summed E-state index contributed by atoms with van der Waals surface area (Å²) in [5, 5.41) is 0.642. The van der Waals surface area contributed by atoms with Gasteiger partial charge in [-0.25, -0.2) is 13.4 Å². The predicted molar refractivity (Wildman–Crippen MR) is 157 cm³/mol. The van der Waals surface area contributed by atoms with Crippen LogP contribution in [0.3, 0.4) is 0 Å². The van der Waals surface area contributed by atoms with Gasteiger partial charge < -0.3 is 4.90 Å². The molecule has 4 rings (SSSR count). The van der Waals surface area contributed by atoms with Crippen LogP contribution in [0, 0.1) is 0 Å². The van der Waals surface area contributed by atoms with Crippen molar-refractivity contribution in [3.63, 3.8) is 0 Å². The molecule has 1 saturated carbocycles. The topological polar surface area (TPSA) is 73.8 Å². The summed E-state index contributed by atoms with van der Waals surface area (Å²) in [5.41, 5.74) is 1.31. The van der Waals surface area contributed by atoms with Crippen molar-refractivity contribution in [3.05, 3.63) is 48.0 Å². The summed E-state index contributed by atoms with van der Waals surface area (Å²) in [6.45, 7) is 1.15. The Balaban J connectivity index is 0.00000380. The van der Waals surface area contributed by atoms with E-state index in [-0.39, 0.29) is 29.3 Å². The molecule has 7 nitrogen and oxygen atoms in total. The molecule has 202 valence electrons. The Morgan fingerprint density at radius 3 is 2.32 bits per heavy atom. The van der Waals surface area contributed by atoms with E-state index in [0.29, 0.717) is 23.8 Å². The Labute approximate surface area is 234 Å². The van der Waals surface area contributed by atoms with Crippen LogP contribution in [0.1, 0.15) is 42.5 Å². The summed E-state index contributed by atoms with van der Waals surface area (Å²) >= 11 is 3.17. The first-order valence-electron chi connectivity index (χ1n) is 12.2. The van der Waals surface area contributed by atoms with Crippen LogP contribution in [0.5, 0.6) is 0 Å². The Kier molecular flexibility index (Phi) is 10.4. The number of thioether (sulfide) groups is 1. The van der Waals surface area contributed by atoms with E-state index in [1.54, 1.807) is 48.0 Å². The molecule has 0 bridgehead atoms. The minimum absolute atomic E-state index is 0. The molecule has 0 atom stereocenters. The molecule has 1 heterocycles. The third-order valence-electron chi connectivity index (χ3n) is 6.70. The molecule has 0 N–H and O–H groups in total. The second-order valence-electron chi connectivity index (χ2n) is 9.43. The summed E-state index contributed by atoms with van der Waals surface area (Å²) in [6.07, 6.45) is 7.11. The molecule has 0 unspecified atom stereocenters. The molecular formula is C26H35ClN4O3S3. The maximum atomic E-state index is 13.6. The SMILES string of the molecule is CSc1ccc2nc(N(CCN(C)C)C(=O)c3ccc(S(=O)(=O)N(C)C4CCCCC4)cc3)sc2c1.Cl. The van der Waals surface area contributed by atoms with Crippen molar-refractivity contribution in [3.8, 4) is 0 Å². The van der Waals surface area contributed by atoms with E-state index in [0.717, 1.165) is 40.8 Å². The number of anilines is 1. The molecule has 0 aliphatic heterocycles. The smallest absolute Gasteiger partial charge is 0.260 e. The highest BCUT2D eigenvalue weighted by molar-refractivity contribution is 7.98. The molecule has 0 spiro atoms. The minimum atomic E-state index is -3.61. The number of aromatic nitrogens is 1. The van der Waals surface area contributed by atoms with Crippen molar-refractivity contribution in [1.29, 1.82) is 0 Å². The van der Waals surface area contributed by atoms with Crippen molar-refractivity contribution >= 4 is 66.8 Å². The number of sulfonamides is 1. The molecule has 1 aliphatic rings. The standard InChI is InChI=1S/C26H34N4O3S3.ClH/c1-28(2)16-17-30(26-27-23-15-12-21(34-4)18-24(23)35-26)25(31)19-10-13-22(14-11-19)36(32,33)29(3)20-8-6-5-7-9-20;/h10-15,18,20H,5-9,16-17H2,1-4H3;1H. The quantitative estimate of drug-likeness (QED) is 0.306. The van der Waals surface area contributed by atoms with Crippen LogP contribution in [-0.2, 0) is 10.0 Å². The van der Waals surface area contributed by atoms with Gasteiger partial charge in [0, 0.05) is 36.6 Å². The zero-order valence-electron chi connectivity index (χ0n) is 21.7. The minimum Gasteiger partial charge on any atom is -0.308 e. The average Bonchev–Trinajstić information content (AvgIpc) is 3.31. The number of likely N-dealkylation sites (N-methyl/N-ethyl adjacent to an activating group) is 1.